The normalized spacial score (nSPS) is 28.2. The van der Waals surface area contributed by atoms with Crippen LogP contribution < -0.4 is 5.73 Å². The number of likely N-dealkylation sites (N-methyl/N-ethyl adjacent to an activating group) is 1. The molecule has 1 saturated heterocycles. The van der Waals surface area contributed by atoms with Gasteiger partial charge in [-0.2, -0.15) is 0 Å². The summed E-state index contributed by atoms with van der Waals surface area (Å²) in [6.45, 7) is 1.08. The minimum Gasteiger partial charge on any atom is -0.326 e. The van der Waals surface area contributed by atoms with Gasteiger partial charge in [-0.25, -0.2) is 0 Å². The summed E-state index contributed by atoms with van der Waals surface area (Å²) >= 11 is 5.85. The van der Waals surface area contributed by atoms with Crippen LogP contribution in [0.1, 0.15) is 18.0 Å². The van der Waals surface area contributed by atoms with Gasteiger partial charge in [-0.3, -0.25) is 4.90 Å². The number of nitrogens with zero attached hydrogens (tertiary/aromatic N) is 1. The lowest BCUT2D eigenvalue weighted by Gasteiger charge is -2.23. The van der Waals surface area contributed by atoms with Gasteiger partial charge in [0.1, 0.15) is 0 Å². The van der Waals surface area contributed by atoms with Crippen molar-refractivity contribution < 1.29 is 0 Å². The Hall–Kier alpha value is -0.570. The quantitative estimate of drug-likeness (QED) is 0.769. The van der Waals surface area contributed by atoms with Gasteiger partial charge in [0.05, 0.1) is 0 Å². The van der Waals surface area contributed by atoms with Crippen molar-refractivity contribution in [3.05, 3.63) is 34.9 Å². The van der Waals surface area contributed by atoms with E-state index in [0.29, 0.717) is 6.04 Å². The molecule has 0 aromatic heterocycles. The zero-order chi connectivity index (χ0) is 10.1. The molecule has 1 aromatic rings. The zero-order valence-corrected chi connectivity index (χ0v) is 9.04. The largest absolute Gasteiger partial charge is 0.326 e. The van der Waals surface area contributed by atoms with Gasteiger partial charge in [0.25, 0.3) is 0 Å². The molecule has 0 amide bonds. The molecule has 76 valence electrons. The molecule has 2 rings (SSSR count). The molecule has 0 radical (unpaired) electrons. The first-order valence-corrected chi connectivity index (χ1v) is 5.27. The number of halogens is 1. The molecule has 2 N–H and O–H groups in total. The Morgan fingerprint density at radius 3 is 2.50 bits per heavy atom. The van der Waals surface area contributed by atoms with Gasteiger partial charge in [0.15, 0.2) is 0 Å². The van der Waals surface area contributed by atoms with Crippen LogP contribution in [0.3, 0.4) is 0 Å². The highest BCUT2D eigenvalue weighted by molar-refractivity contribution is 6.30. The first-order valence-electron chi connectivity index (χ1n) is 4.90. The summed E-state index contributed by atoms with van der Waals surface area (Å²) in [5.74, 6) is 0. The fourth-order valence-corrected chi connectivity index (χ4v) is 2.26. The molecule has 2 nitrogen and oxygen atoms in total. The molecule has 0 spiro atoms. The van der Waals surface area contributed by atoms with Crippen LogP contribution in [-0.2, 0) is 0 Å². The van der Waals surface area contributed by atoms with Gasteiger partial charge in [0, 0.05) is 23.7 Å². The fourth-order valence-electron chi connectivity index (χ4n) is 2.14. The SMILES string of the molecule is CN1CCC(N)C1c1ccc(Cl)cc1. The van der Waals surface area contributed by atoms with Crippen molar-refractivity contribution in [2.24, 2.45) is 5.73 Å². The molecule has 1 fully saturated rings. The number of benzene rings is 1. The maximum atomic E-state index is 6.06. The molecule has 0 saturated carbocycles. The van der Waals surface area contributed by atoms with Crippen LogP contribution in [0.5, 0.6) is 0 Å². The van der Waals surface area contributed by atoms with Crippen molar-refractivity contribution in [1.29, 1.82) is 0 Å². The average molecular weight is 211 g/mol. The first kappa shape index (κ1) is 9.97. The van der Waals surface area contributed by atoms with Crippen molar-refractivity contribution >= 4 is 11.6 Å². The van der Waals surface area contributed by atoms with E-state index in [0.717, 1.165) is 18.0 Å². The maximum Gasteiger partial charge on any atom is 0.0496 e. The van der Waals surface area contributed by atoms with Crippen molar-refractivity contribution in [3.8, 4) is 0 Å². The highest BCUT2D eigenvalue weighted by Crippen LogP contribution is 2.29. The molecule has 1 aliphatic heterocycles. The lowest BCUT2D eigenvalue weighted by atomic mass is 10.0. The van der Waals surface area contributed by atoms with Crippen molar-refractivity contribution in [1.82, 2.24) is 4.90 Å². The lowest BCUT2D eigenvalue weighted by Crippen LogP contribution is -2.29. The van der Waals surface area contributed by atoms with E-state index < -0.39 is 0 Å². The lowest BCUT2D eigenvalue weighted by molar-refractivity contribution is 0.304. The van der Waals surface area contributed by atoms with Crippen molar-refractivity contribution in [2.45, 2.75) is 18.5 Å². The summed E-state index contributed by atoms with van der Waals surface area (Å²) < 4.78 is 0. The zero-order valence-electron chi connectivity index (χ0n) is 8.28. The van der Waals surface area contributed by atoms with E-state index in [4.69, 9.17) is 17.3 Å². The second-order valence-electron chi connectivity index (χ2n) is 3.93. The topological polar surface area (TPSA) is 29.3 Å². The van der Waals surface area contributed by atoms with Crippen LogP contribution in [0, 0.1) is 0 Å². The Balaban J connectivity index is 2.25. The highest BCUT2D eigenvalue weighted by atomic mass is 35.5. The fraction of sp³-hybridized carbons (Fsp3) is 0.455. The standard InChI is InChI=1S/C11H15ClN2/c1-14-7-6-10(13)11(14)8-2-4-9(12)5-3-8/h2-5,10-11H,6-7,13H2,1H3. The first-order chi connectivity index (χ1) is 6.68. The third-order valence-corrected chi connectivity index (χ3v) is 3.16. The summed E-state index contributed by atoms with van der Waals surface area (Å²) in [6.07, 6.45) is 1.07. The Morgan fingerprint density at radius 2 is 2.00 bits per heavy atom. The van der Waals surface area contributed by atoms with Gasteiger partial charge in [-0.1, -0.05) is 23.7 Å². The van der Waals surface area contributed by atoms with E-state index >= 15 is 0 Å². The molecule has 1 aliphatic rings. The van der Waals surface area contributed by atoms with E-state index in [1.807, 2.05) is 12.1 Å². The van der Waals surface area contributed by atoms with Gasteiger partial charge < -0.3 is 5.73 Å². The van der Waals surface area contributed by atoms with Gasteiger partial charge in [-0.05, 0) is 31.2 Å². The van der Waals surface area contributed by atoms with Crippen LogP contribution in [-0.4, -0.2) is 24.5 Å². The molecule has 0 aliphatic carbocycles. The van der Waals surface area contributed by atoms with E-state index in [9.17, 15) is 0 Å². The number of hydrogen-bond donors (Lipinski definition) is 1. The molecular formula is C11H15ClN2. The minimum atomic E-state index is 0.251. The molecule has 1 aromatic carbocycles. The van der Waals surface area contributed by atoms with Crippen LogP contribution in [0.4, 0.5) is 0 Å². The van der Waals surface area contributed by atoms with E-state index in [1.165, 1.54) is 5.56 Å². The molecule has 14 heavy (non-hydrogen) atoms. The molecule has 3 heteroatoms. The second kappa shape index (κ2) is 3.89. The molecule has 0 bridgehead atoms. The van der Waals surface area contributed by atoms with Crippen LogP contribution in [0.2, 0.25) is 5.02 Å². The second-order valence-corrected chi connectivity index (χ2v) is 4.37. The summed E-state index contributed by atoms with van der Waals surface area (Å²) in [4.78, 5) is 2.30. The van der Waals surface area contributed by atoms with Crippen LogP contribution in [0.25, 0.3) is 0 Å². The number of nitrogens with two attached hydrogens (primary N) is 1. The highest BCUT2D eigenvalue weighted by Gasteiger charge is 2.29. The van der Waals surface area contributed by atoms with E-state index in [-0.39, 0.29) is 6.04 Å². The summed E-state index contributed by atoms with van der Waals surface area (Å²) in [5.41, 5.74) is 7.33. The van der Waals surface area contributed by atoms with Crippen molar-refractivity contribution in [2.75, 3.05) is 13.6 Å². The third-order valence-electron chi connectivity index (χ3n) is 2.91. The molecule has 2 unspecified atom stereocenters. The van der Waals surface area contributed by atoms with Gasteiger partial charge in [-0.15, -0.1) is 0 Å². The Labute approximate surface area is 89.7 Å². The average Bonchev–Trinajstić information content (AvgIpc) is 2.49. The minimum absolute atomic E-state index is 0.251. The maximum absolute atomic E-state index is 6.06. The Bertz CT molecular complexity index is 300. The Kier molecular flexibility index (Phi) is 2.77. The predicted octanol–water partition coefficient (Wildman–Crippen LogP) is 2.04. The third kappa shape index (κ3) is 1.78. The monoisotopic (exact) mass is 210 g/mol. The summed E-state index contributed by atoms with van der Waals surface area (Å²) in [5, 5.41) is 0.781. The molecular weight excluding hydrogens is 196 g/mol. The van der Waals surface area contributed by atoms with Crippen LogP contribution >= 0.6 is 11.6 Å². The predicted molar refractivity (Wildman–Crippen MR) is 59.4 cm³/mol. The van der Waals surface area contributed by atoms with E-state index in [1.54, 1.807) is 0 Å². The summed E-state index contributed by atoms with van der Waals surface area (Å²) in [6, 6.07) is 8.59. The number of likely N-dealkylation sites (tertiary alicyclic amines) is 1. The Morgan fingerprint density at radius 1 is 1.36 bits per heavy atom. The smallest absolute Gasteiger partial charge is 0.0496 e. The van der Waals surface area contributed by atoms with E-state index in [2.05, 4.69) is 24.1 Å². The molecule has 1 heterocycles. The van der Waals surface area contributed by atoms with Crippen LogP contribution in [0.15, 0.2) is 24.3 Å². The molecule has 2 atom stereocenters. The van der Waals surface area contributed by atoms with Gasteiger partial charge >= 0.3 is 0 Å². The summed E-state index contributed by atoms with van der Waals surface area (Å²) in [7, 11) is 2.12. The van der Waals surface area contributed by atoms with Gasteiger partial charge in [0.2, 0.25) is 0 Å². The number of rotatable bonds is 1. The van der Waals surface area contributed by atoms with Crippen molar-refractivity contribution in [3.63, 3.8) is 0 Å². The number of hydrogen-bond acceptors (Lipinski definition) is 2.